The second-order valence-corrected chi connectivity index (χ2v) is 4.80. The Balaban J connectivity index is 2.15. The van der Waals surface area contributed by atoms with Crippen molar-refractivity contribution in [3.63, 3.8) is 0 Å². The summed E-state index contributed by atoms with van der Waals surface area (Å²) in [5.74, 6) is -0.145. The van der Waals surface area contributed by atoms with E-state index in [0.717, 1.165) is 30.7 Å². The SMILES string of the molecule is CN1CCN(c2ccc(Br)cc2F)CC1. The zero-order valence-corrected chi connectivity index (χ0v) is 10.3. The molecular formula is C11H14BrFN2. The molecule has 0 atom stereocenters. The molecular weight excluding hydrogens is 259 g/mol. The number of halogens is 2. The van der Waals surface area contributed by atoms with E-state index < -0.39 is 0 Å². The van der Waals surface area contributed by atoms with Crippen LogP contribution in [0.1, 0.15) is 0 Å². The van der Waals surface area contributed by atoms with E-state index in [2.05, 4.69) is 32.8 Å². The molecule has 1 aromatic rings. The average Bonchev–Trinajstić information content (AvgIpc) is 2.20. The van der Waals surface area contributed by atoms with Crippen molar-refractivity contribution in [2.75, 3.05) is 38.1 Å². The summed E-state index contributed by atoms with van der Waals surface area (Å²) < 4.78 is 14.4. The fourth-order valence-corrected chi connectivity index (χ4v) is 2.12. The predicted octanol–water partition coefficient (Wildman–Crippen LogP) is 2.34. The van der Waals surface area contributed by atoms with Crippen LogP contribution >= 0.6 is 15.9 Å². The van der Waals surface area contributed by atoms with Crippen LogP contribution in [0.15, 0.2) is 22.7 Å². The molecule has 0 bridgehead atoms. The number of rotatable bonds is 1. The largest absolute Gasteiger partial charge is 0.367 e. The first-order valence-corrected chi connectivity index (χ1v) is 5.84. The number of nitrogens with zero attached hydrogens (tertiary/aromatic N) is 2. The topological polar surface area (TPSA) is 6.48 Å². The maximum absolute atomic E-state index is 13.6. The van der Waals surface area contributed by atoms with Crippen molar-refractivity contribution >= 4 is 21.6 Å². The van der Waals surface area contributed by atoms with Gasteiger partial charge in [-0.05, 0) is 25.2 Å². The standard InChI is InChI=1S/C11H14BrFN2/c1-14-4-6-15(7-5-14)11-3-2-9(12)8-10(11)13/h2-3,8H,4-7H2,1H3. The Morgan fingerprint density at radius 1 is 1.20 bits per heavy atom. The Bertz CT molecular complexity index is 348. The van der Waals surface area contributed by atoms with E-state index in [1.807, 2.05) is 12.1 Å². The molecule has 4 heteroatoms. The first kappa shape index (κ1) is 10.9. The minimum atomic E-state index is -0.145. The molecule has 82 valence electrons. The van der Waals surface area contributed by atoms with Crippen molar-refractivity contribution in [3.05, 3.63) is 28.5 Å². The molecule has 0 aliphatic carbocycles. The monoisotopic (exact) mass is 272 g/mol. The van der Waals surface area contributed by atoms with Crippen LogP contribution in [0.4, 0.5) is 10.1 Å². The first-order valence-electron chi connectivity index (χ1n) is 5.05. The summed E-state index contributed by atoms with van der Waals surface area (Å²) >= 11 is 3.26. The van der Waals surface area contributed by atoms with E-state index in [1.54, 1.807) is 0 Å². The Hall–Kier alpha value is -0.610. The summed E-state index contributed by atoms with van der Waals surface area (Å²) in [5, 5.41) is 0. The Kier molecular flexibility index (Phi) is 3.26. The fraction of sp³-hybridized carbons (Fsp3) is 0.455. The van der Waals surface area contributed by atoms with E-state index in [4.69, 9.17) is 0 Å². The van der Waals surface area contributed by atoms with Gasteiger partial charge in [0.25, 0.3) is 0 Å². The summed E-state index contributed by atoms with van der Waals surface area (Å²) in [6.07, 6.45) is 0. The highest BCUT2D eigenvalue weighted by atomic mass is 79.9. The van der Waals surface area contributed by atoms with Crippen molar-refractivity contribution < 1.29 is 4.39 Å². The Labute approximate surface area is 97.8 Å². The molecule has 0 spiro atoms. The zero-order valence-electron chi connectivity index (χ0n) is 8.71. The van der Waals surface area contributed by atoms with Crippen molar-refractivity contribution in [2.45, 2.75) is 0 Å². The molecule has 1 saturated heterocycles. The molecule has 0 amide bonds. The molecule has 2 nitrogen and oxygen atoms in total. The average molecular weight is 273 g/mol. The number of piperazine rings is 1. The maximum Gasteiger partial charge on any atom is 0.147 e. The summed E-state index contributed by atoms with van der Waals surface area (Å²) in [6.45, 7) is 3.79. The quantitative estimate of drug-likeness (QED) is 0.775. The lowest BCUT2D eigenvalue weighted by Gasteiger charge is -2.34. The van der Waals surface area contributed by atoms with Gasteiger partial charge in [0, 0.05) is 30.7 Å². The second kappa shape index (κ2) is 4.49. The fourth-order valence-electron chi connectivity index (χ4n) is 1.79. The van der Waals surface area contributed by atoms with Gasteiger partial charge in [0.15, 0.2) is 0 Å². The third-order valence-electron chi connectivity index (χ3n) is 2.75. The van der Waals surface area contributed by atoms with Gasteiger partial charge in [-0.15, -0.1) is 0 Å². The normalized spacial score (nSPS) is 18.2. The lowest BCUT2D eigenvalue weighted by Crippen LogP contribution is -2.44. The summed E-state index contributed by atoms with van der Waals surface area (Å²) in [7, 11) is 2.09. The molecule has 0 radical (unpaired) electrons. The molecule has 0 aromatic heterocycles. The van der Waals surface area contributed by atoms with Crippen molar-refractivity contribution in [1.82, 2.24) is 4.90 Å². The molecule has 2 rings (SSSR count). The first-order chi connectivity index (χ1) is 7.16. The van der Waals surface area contributed by atoms with Crippen LogP contribution in [-0.2, 0) is 0 Å². The van der Waals surface area contributed by atoms with Crippen molar-refractivity contribution in [3.8, 4) is 0 Å². The molecule has 0 unspecified atom stereocenters. The smallest absolute Gasteiger partial charge is 0.147 e. The van der Waals surface area contributed by atoms with E-state index in [-0.39, 0.29) is 5.82 Å². The minimum Gasteiger partial charge on any atom is -0.367 e. The van der Waals surface area contributed by atoms with Gasteiger partial charge in [0.2, 0.25) is 0 Å². The van der Waals surface area contributed by atoms with Gasteiger partial charge in [0.1, 0.15) is 5.82 Å². The molecule has 1 aliphatic heterocycles. The molecule has 1 aromatic carbocycles. The molecule has 0 N–H and O–H groups in total. The molecule has 15 heavy (non-hydrogen) atoms. The molecule has 0 saturated carbocycles. The van der Waals surface area contributed by atoms with Gasteiger partial charge in [-0.1, -0.05) is 15.9 Å². The number of benzene rings is 1. The number of hydrogen-bond donors (Lipinski definition) is 0. The van der Waals surface area contributed by atoms with Gasteiger partial charge in [0.05, 0.1) is 5.69 Å². The van der Waals surface area contributed by atoms with Crippen molar-refractivity contribution in [1.29, 1.82) is 0 Å². The highest BCUT2D eigenvalue weighted by molar-refractivity contribution is 9.10. The van der Waals surface area contributed by atoms with E-state index in [9.17, 15) is 4.39 Å². The summed E-state index contributed by atoms with van der Waals surface area (Å²) in [4.78, 5) is 4.36. The molecule has 1 aliphatic rings. The second-order valence-electron chi connectivity index (χ2n) is 3.89. The summed E-state index contributed by atoms with van der Waals surface area (Å²) in [5.41, 5.74) is 0.714. The van der Waals surface area contributed by atoms with Crippen LogP contribution in [0, 0.1) is 5.82 Å². The van der Waals surface area contributed by atoms with E-state index in [1.165, 1.54) is 6.07 Å². The van der Waals surface area contributed by atoms with Gasteiger partial charge < -0.3 is 9.80 Å². The van der Waals surface area contributed by atoms with Crippen LogP contribution in [0.5, 0.6) is 0 Å². The van der Waals surface area contributed by atoms with Crippen molar-refractivity contribution in [2.24, 2.45) is 0 Å². The van der Waals surface area contributed by atoms with Crippen LogP contribution < -0.4 is 4.90 Å². The lowest BCUT2D eigenvalue weighted by molar-refractivity contribution is 0.311. The Morgan fingerprint density at radius 2 is 1.87 bits per heavy atom. The zero-order chi connectivity index (χ0) is 10.8. The Morgan fingerprint density at radius 3 is 2.47 bits per heavy atom. The van der Waals surface area contributed by atoms with Gasteiger partial charge >= 0.3 is 0 Å². The molecule has 1 fully saturated rings. The minimum absolute atomic E-state index is 0.145. The highest BCUT2D eigenvalue weighted by Gasteiger charge is 2.16. The van der Waals surface area contributed by atoms with Crippen LogP contribution in [0.2, 0.25) is 0 Å². The summed E-state index contributed by atoms with van der Waals surface area (Å²) in [6, 6.07) is 5.25. The third kappa shape index (κ3) is 2.49. The predicted molar refractivity (Wildman–Crippen MR) is 63.8 cm³/mol. The highest BCUT2D eigenvalue weighted by Crippen LogP contribution is 2.23. The van der Waals surface area contributed by atoms with Gasteiger partial charge in [-0.3, -0.25) is 0 Å². The molecule has 1 heterocycles. The van der Waals surface area contributed by atoms with Crippen LogP contribution in [-0.4, -0.2) is 38.1 Å². The third-order valence-corrected chi connectivity index (χ3v) is 3.25. The van der Waals surface area contributed by atoms with Gasteiger partial charge in [-0.2, -0.15) is 0 Å². The van der Waals surface area contributed by atoms with E-state index in [0.29, 0.717) is 5.69 Å². The maximum atomic E-state index is 13.6. The number of anilines is 1. The van der Waals surface area contributed by atoms with Crippen LogP contribution in [0.3, 0.4) is 0 Å². The number of likely N-dealkylation sites (N-methyl/N-ethyl adjacent to an activating group) is 1. The van der Waals surface area contributed by atoms with E-state index >= 15 is 0 Å². The number of hydrogen-bond acceptors (Lipinski definition) is 2. The van der Waals surface area contributed by atoms with Crippen LogP contribution in [0.25, 0.3) is 0 Å². The van der Waals surface area contributed by atoms with Gasteiger partial charge in [-0.25, -0.2) is 4.39 Å². The lowest BCUT2D eigenvalue weighted by atomic mass is 10.2.